The van der Waals surface area contributed by atoms with Crippen molar-refractivity contribution in [1.82, 2.24) is 5.32 Å². The first-order valence-corrected chi connectivity index (χ1v) is 7.41. The lowest BCUT2D eigenvalue weighted by Gasteiger charge is -2.06. The lowest BCUT2D eigenvalue weighted by atomic mass is 10.2. The van der Waals surface area contributed by atoms with E-state index in [0.717, 1.165) is 24.7 Å². The number of nitrogens with one attached hydrogen (secondary N) is 2. The van der Waals surface area contributed by atoms with Crippen LogP contribution in [0.5, 0.6) is 0 Å². The molecule has 0 spiro atoms. The Hall–Kier alpha value is -2.13. The van der Waals surface area contributed by atoms with Crippen LogP contribution in [-0.4, -0.2) is 49.4 Å². The van der Waals surface area contributed by atoms with Crippen LogP contribution in [0.4, 0.5) is 5.69 Å². The van der Waals surface area contributed by atoms with E-state index in [1.165, 1.54) is 0 Å². The van der Waals surface area contributed by atoms with Crippen molar-refractivity contribution in [2.45, 2.75) is 0 Å². The number of benzene rings is 1. The summed E-state index contributed by atoms with van der Waals surface area (Å²) >= 11 is 0. The van der Waals surface area contributed by atoms with E-state index in [-0.39, 0.29) is 5.56 Å². The Balaban J connectivity index is 0.000000347. The van der Waals surface area contributed by atoms with Gasteiger partial charge in [-0.2, -0.15) is 8.42 Å². The molecule has 110 valence electrons. The standard InChI is InChI=1S/C10H11N3O2.CH4O3S/c14-9(15)7-1-3-8(4-2-7)13-10-11-5-6-12-10;1-5(2,3)4/h1-4H,5-6H2,(H,14,15)(H2,11,12,13);1H3,(H,2,3,4). The Kier molecular flexibility index (Phi) is 5.47. The molecule has 0 unspecified atom stereocenters. The van der Waals surface area contributed by atoms with Gasteiger partial charge < -0.3 is 15.7 Å². The van der Waals surface area contributed by atoms with Crippen molar-refractivity contribution in [3.8, 4) is 0 Å². The third-order valence-electron chi connectivity index (χ3n) is 2.07. The average Bonchev–Trinajstić information content (AvgIpc) is 2.80. The van der Waals surface area contributed by atoms with Gasteiger partial charge in [0.1, 0.15) is 0 Å². The van der Waals surface area contributed by atoms with Crippen LogP contribution >= 0.6 is 0 Å². The summed E-state index contributed by atoms with van der Waals surface area (Å²) in [6, 6.07) is 6.54. The molecule has 20 heavy (non-hydrogen) atoms. The molecule has 0 aliphatic carbocycles. The van der Waals surface area contributed by atoms with Gasteiger partial charge in [0.15, 0.2) is 5.96 Å². The number of hydrogen-bond acceptors (Lipinski definition) is 6. The van der Waals surface area contributed by atoms with Gasteiger partial charge >= 0.3 is 5.97 Å². The molecular weight excluding hydrogens is 286 g/mol. The predicted octanol–water partition coefficient (Wildman–Crippen LogP) is 0.260. The molecule has 0 saturated carbocycles. The van der Waals surface area contributed by atoms with Gasteiger partial charge in [-0.3, -0.25) is 9.55 Å². The summed E-state index contributed by atoms with van der Waals surface area (Å²) in [6.45, 7) is 1.62. The number of hydrogen-bond donors (Lipinski definition) is 4. The van der Waals surface area contributed by atoms with E-state index in [1.54, 1.807) is 24.3 Å². The second-order valence-corrected chi connectivity index (χ2v) is 5.36. The van der Waals surface area contributed by atoms with Gasteiger partial charge in [0.05, 0.1) is 18.4 Å². The Bertz CT molecular complexity index is 587. The summed E-state index contributed by atoms with van der Waals surface area (Å²) in [7, 11) is -3.67. The van der Waals surface area contributed by atoms with E-state index >= 15 is 0 Å². The SMILES string of the molecule is CS(=O)(=O)O.O=C(O)c1ccc(NC2=NCCN2)cc1. The minimum absolute atomic E-state index is 0.280. The van der Waals surface area contributed by atoms with Gasteiger partial charge in [-0.15, -0.1) is 0 Å². The third-order valence-corrected chi connectivity index (χ3v) is 2.07. The number of anilines is 1. The van der Waals surface area contributed by atoms with Crippen molar-refractivity contribution >= 4 is 27.7 Å². The van der Waals surface area contributed by atoms with E-state index < -0.39 is 16.1 Å². The second-order valence-electron chi connectivity index (χ2n) is 3.90. The molecule has 4 N–H and O–H groups in total. The maximum Gasteiger partial charge on any atom is 0.335 e. The Morgan fingerprint density at radius 2 is 1.90 bits per heavy atom. The monoisotopic (exact) mass is 301 g/mol. The van der Waals surface area contributed by atoms with Crippen molar-refractivity contribution in [3.05, 3.63) is 29.8 Å². The van der Waals surface area contributed by atoms with E-state index in [0.29, 0.717) is 6.26 Å². The molecular formula is C11H15N3O5S. The zero-order valence-electron chi connectivity index (χ0n) is 10.7. The normalized spacial score (nSPS) is 13.6. The fourth-order valence-electron chi connectivity index (χ4n) is 1.31. The largest absolute Gasteiger partial charge is 0.478 e. The number of aromatic carboxylic acids is 1. The molecule has 1 aromatic carbocycles. The molecule has 0 bridgehead atoms. The maximum atomic E-state index is 10.6. The van der Waals surface area contributed by atoms with Gasteiger partial charge in [-0.25, -0.2) is 4.79 Å². The van der Waals surface area contributed by atoms with Crippen molar-refractivity contribution in [2.75, 3.05) is 24.7 Å². The highest BCUT2D eigenvalue weighted by Gasteiger charge is 2.05. The van der Waals surface area contributed by atoms with E-state index in [1.807, 2.05) is 0 Å². The quantitative estimate of drug-likeness (QED) is 0.577. The summed E-state index contributed by atoms with van der Waals surface area (Å²) in [4.78, 5) is 14.8. The summed E-state index contributed by atoms with van der Waals surface area (Å²) in [5, 5.41) is 14.8. The maximum absolute atomic E-state index is 10.6. The van der Waals surface area contributed by atoms with E-state index in [2.05, 4.69) is 15.6 Å². The van der Waals surface area contributed by atoms with Crippen LogP contribution in [0.1, 0.15) is 10.4 Å². The third kappa shape index (κ3) is 6.71. The number of carboxylic acids is 1. The molecule has 0 aromatic heterocycles. The van der Waals surface area contributed by atoms with Crippen molar-refractivity contribution in [1.29, 1.82) is 0 Å². The summed E-state index contributed by atoms with van der Waals surface area (Å²) in [6.07, 6.45) is 0.715. The zero-order chi connectivity index (χ0) is 15.2. The highest BCUT2D eigenvalue weighted by atomic mass is 32.2. The fourth-order valence-corrected chi connectivity index (χ4v) is 1.31. The van der Waals surface area contributed by atoms with Gasteiger partial charge in [-0.1, -0.05) is 0 Å². The van der Waals surface area contributed by atoms with Gasteiger partial charge in [0, 0.05) is 12.2 Å². The van der Waals surface area contributed by atoms with Crippen LogP contribution in [-0.2, 0) is 10.1 Å². The smallest absolute Gasteiger partial charge is 0.335 e. The molecule has 1 aromatic rings. The lowest BCUT2D eigenvalue weighted by Crippen LogP contribution is -2.26. The Morgan fingerprint density at radius 1 is 1.35 bits per heavy atom. The fraction of sp³-hybridized carbons (Fsp3) is 0.273. The van der Waals surface area contributed by atoms with Crippen LogP contribution < -0.4 is 10.6 Å². The minimum Gasteiger partial charge on any atom is -0.478 e. The molecule has 2 rings (SSSR count). The molecule has 1 heterocycles. The molecule has 0 fully saturated rings. The topological polar surface area (TPSA) is 128 Å². The average molecular weight is 301 g/mol. The van der Waals surface area contributed by atoms with Gasteiger partial charge in [0.2, 0.25) is 0 Å². The molecule has 0 atom stereocenters. The first-order valence-electron chi connectivity index (χ1n) is 5.57. The van der Waals surface area contributed by atoms with Crippen molar-refractivity contribution in [3.63, 3.8) is 0 Å². The molecule has 0 radical (unpaired) electrons. The van der Waals surface area contributed by atoms with E-state index in [4.69, 9.17) is 9.66 Å². The number of aliphatic imine (C=N–C) groups is 1. The molecule has 0 saturated heterocycles. The van der Waals surface area contributed by atoms with Crippen LogP contribution in [0.15, 0.2) is 29.3 Å². The van der Waals surface area contributed by atoms with Crippen molar-refractivity contribution in [2.24, 2.45) is 4.99 Å². The molecule has 8 nitrogen and oxygen atoms in total. The summed E-state index contributed by atoms with van der Waals surface area (Å²) in [5.74, 6) is -0.184. The molecule has 1 aliphatic rings. The second kappa shape index (κ2) is 6.87. The number of nitrogens with zero attached hydrogens (tertiary/aromatic N) is 1. The van der Waals surface area contributed by atoms with E-state index in [9.17, 15) is 13.2 Å². The summed E-state index contributed by atoms with van der Waals surface area (Å²) < 4.78 is 25.9. The van der Waals surface area contributed by atoms with Gasteiger partial charge in [0.25, 0.3) is 10.1 Å². The van der Waals surface area contributed by atoms with Crippen LogP contribution in [0, 0.1) is 0 Å². The minimum atomic E-state index is -3.67. The van der Waals surface area contributed by atoms with Crippen LogP contribution in [0.25, 0.3) is 0 Å². The predicted molar refractivity (Wildman–Crippen MR) is 74.8 cm³/mol. The number of rotatable bonds is 2. The van der Waals surface area contributed by atoms with Crippen molar-refractivity contribution < 1.29 is 22.9 Å². The molecule has 9 heteroatoms. The number of guanidine groups is 1. The highest BCUT2D eigenvalue weighted by Crippen LogP contribution is 2.09. The number of carboxylic acid groups (broad SMARTS) is 1. The first-order chi connectivity index (χ1) is 9.25. The Labute approximate surface area is 116 Å². The van der Waals surface area contributed by atoms with Crippen LogP contribution in [0.3, 0.4) is 0 Å². The lowest BCUT2D eigenvalue weighted by molar-refractivity contribution is 0.0697. The Morgan fingerprint density at radius 3 is 2.30 bits per heavy atom. The van der Waals surface area contributed by atoms with Gasteiger partial charge in [-0.05, 0) is 24.3 Å². The first kappa shape index (κ1) is 15.9. The molecule has 1 aliphatic heterocycles. The highest BCUT2D eigenvalue weighted by molar-refractivity contribution is 7.85. The van der Waals surface area contributed by atoms with Crippen LogP contribution in [0.2, 0.25) is 0 Å². The summed E-state index contributed by atoms with van der Waals surface area (Å²) in [5.41, 5.74) is 1.11. The zero-order valence-corrected chi connectivity index (χ0v) is 11.5. The molecule has 0 amide bonds. The number of carbonyl (C=O) groups is 1.